The average Bonchev–Trinajstić information content (AvgIpc) is 3.30. The molecule has 2 aromatic heterocycles. The number of carbonyl (C=O) groups is 1. The first kappa shape index (κ1) is 11.8. The largest absolute Gasteiger partial charge is 0.461 e. The second-order valence-electron chi connectivity index (χ2n) is 4.55. The van der Waals surface area contributed by atoms with Gasteiger partial charge in [0.2, 0.25) is 0 Å². The van der Waals surface area contributed by atoms with E-state index in [0.29, 0.717) is 18.1 Å². The molecule has 1 aliphatic carbocycles. The van der Waals surface area contributed by atoms with Crippen LogP contribution in [0.1, 0.15) is 30.1 Å². The van der Waals surface area contributed by atoms with Gasteiger partial charge in [-0.1, -0.05) is 0 Å². The van der Waals surface area contributed by atoms with E-state index < -0.39 is 0 Å². The third kappa shape index (κ3) is 2.76. The number of nitrogens with zero attached hydrogens (tertiary/aromatic N) is 3. The number of pyridine rings is 1. The number of aromatic nitrogens is 3. The SMILES string of the molecule is O=COCc1cc(-c2ccc(C3CC3)nc2)ncn1. The van der Waals surface area contributed by atoms with Gasteiger partial charge in [0.05, 0.1) is 11.4 Å². The average molecular weight is 255 g/mol. The minimum absolute atomic E-state index is 0.159. The second kappa shape index (κ2) is 5.14. The van der Waals surface area contributed by atoms with Crippen molar-refractivity contribution in [2.24, 2.45) is 0 Å². The fourth-order valence-corrected chi connectivity index (χ4v) is 1.93. The molecule has 5 nitrogen and oxygen atoms in total. The fraction of sp³-hybridized carbons (Fsp3) is 0.286. The van der Waals surface area contributed by atoms with Crippen LogP contribution in [0.15, 0.2) is 30.7 Å². The Morgan fingerprint density at radius 1 is 1.26 bits per heavy atom. The molecule has 0 unspecified atom stereocenters. The molecule has 1 aliphatic rings. The lowest BCUT2D eigenvalue weighted by Crippen LogP contribution is -1.96. The summed E-state index contributed by atoms with van der Waals surface area (Å²) in [6.07, 6.45) is 5.79. The molecular weight excluding hydrogens is 242 g/mol. The van der Waals surface area contributed by atoms with Crippen molar-refractivity contribution in [3.63, 3.8) is 0 Å². The van der Waals surface area contributed by atoms with E-state index in [4.69, 9.17) is 0 Å². The Kier molecular flexibility index (Phi) is 3.18. The smallest absolute Gasteiger partial charge is 0.293 e. The summed E-state index contributed by atoms with van der Waals surface area (Å²) in [5.74, 6) is 0.649. The van der Waals surface area contributed by atoms with Crippen LogP contribution in [0.3, 0.4) is 0 Å². The lowest BCUT2D eigenvalue weighted by molar-refractivity contribution is -0.129. The molecule has 0 spiro atoms. The molecule has 0 N–H and O–H groups in total. The van der Waals surface area contributed by atoms with Gasteiger partial charge in [-0.3, -0.25) is 9.78 Å². The lowest BCUT2D eigenvalue weighted by Gasteiger charge is -2.04. The normalized spacial score (nSPS) is 14.1. The van der Waals surface area contributed by atoms with E-state index in [1.807, 2.05) is 12.3 Å². The van der Waals surface area contributed by atoms with Crippen molar-refractivity contribution in [2.75, 3.05) is 0 Å². The predicted octanol–water partition coefficient (Wildman–Crippen LogP) is 2.09. The van der Waals surface area contributed by atoms with E-state index in [0.717, 1.165) is 17.0 Å². The highest BCUT2D eigenvalue weighted by Gasteiger charge is 2.24. The van der Waals surface area contributed by atoms with Gasteiger partial charge in [0, 0.05) is 23.4 Å². The summed E-state index contributed by atoms with van der Waals surface area (Å²) in [4.78, 5) is 22.9. The summed E-state index contributed by atoms with van der Waals surface area (Å²) in [6.45, 7) is 0.570. The zero-order chi connectivity index (χ0) is 13.1. The van der Waals surface area contributed by atoms with Crippen molar-refractivity contribution in [1.82, 2.24) is 15.0 Å². The van der Waals surface area contributed by atoms with E-state index in [9.17, 15) is 4.79 Å². The van der Waals surface area contributed by atoms with Crippen LogP contribution in [0.2, 0.25) is 0 Å². The van der Waals surface area contributed by atoms with E-state index in [-0.39, 0.29) is 6.61 Å². The van der Waals surface area contributed by atoms with Crippen LogP contribution >= 0.6 is 0 Å². The molecule has 3 rings (SSSR count). The number of ether oxygens (including phenoxy) is 1. The highest BCUT2D eigenvalue weighted by molar-refractivity contribution is 5.58. The van der Waals surface area contributed by atoms with Gasteiger partial charge in [0.15, 0.2) is 0 Å². The first-order valence-corrected chi connectivity index (χ1v) is 6.19. The van der Waals surface area contributed by atoms with Crippen molar-refractivity contribution in [1.29, 1.82) is 0 Å². The van der Waals surface area contributed by atoms with Gasteiger partial charge in [0.1, 0.15) is 12.9 Å². The summed E-state index contributed by atoms with van der Waals surface area (Å²) in [5, 5.41) is 0. The maximum atomic E-state index is 10.2. The standard InChI is InChI=1S/C14H13N3O2/c18-9-19-7-12-5-14(17-8-16-12)11-3-4-13(15-6-11)10-1-2-10/h3-6,8-10H,1-2,7H2. The van der Waals surface area contributed by atoms with Crippen LogP contribution in [0, 0.1) is 0 Å². The molecule has 0 radical (unpaired) electrons. The predicted molar refractivity (Wildman–Crippen MR) is 68.1 cm³/mol. The minimum atomic E-state index is 0.159. The number of carbonyl (C=O) groups excluding carboxylic acids is 1. The van der Waals surface area contributed by atoms with Gasteiger partial charge >= 0.3 is 0 Å². The van der Waals surface area contributed by atoms with Crippen molar-refractivity contribution in [2.45, 2.75) is 25.4 Å². The monoisotopic (exact) mass is 255 g/mol. The Morgan fingerprint density at radius 3 is 2.84 bits per heavy atom. The van der Waals surface area contributed by atoms with E-state index in [1.54, 1.807) is 6.07 Å². The molecule has 0 saturated heterocycles. The number of rotatable bonds is 5. The summed E-state index contributed by atoms with van der Waals surface area (Å²) < 4.78 is 4.68. The molecule has 0 aliphatic heterocycles. The van der Waals surface area contributed by atoms with Gasteiger partial charge < -0.3 is 4.74 Å². The van der Waals surface area contributed by atoms with Crippen molar-refractivity contribution < 1.29 is 9.53 Å². The zero-order valence-electron chi connectivity index (χ0n) is 10.3. The van der Waals surface area contributed by atoms with E-state index >= 15 is 0 Å². The molecule has 19 heavy (non-hydrogen) atoms. The molecule has 0 aromatic carbocycles. The topological polar surface area (TPSA) is 65.0 Å². The van der Waals surface area contributed by atoms with Crippen LogP contribution in [0.4, 0.5) is 0 Å². The van der Waals surface area contributed by atoms with Crippen LogP contribution in [-0.4, -0.2) is 21.4 Å². The summed E-state index contributed by atoms with van der Waals surface area (Å²) in [5.41, 5.74) is 3.55. The Bertz CT molecular complexity index is 579. The van der Waals surface area contributed by atoms with Gasteiger partial charge in [-0.15, -0.1) is 0 Å². The zero-order valence-corrected chi connectivity index (χ0v) is 10.3. The fourth-order valence-electron chi connectivity index (χ4n) is 1.93. The molecule has 0 atom stereocenters. The van der Waals surface area contributed by atoms with Crippen LogP contribution in [-0.2, 0) is 16.1 Å². The van der Waals surface area contributed by atoms with E-state index in [1.165, 1.54) is 19.2 Å². The third-order valence-electron chi connectivity index (χ3n) is 3.10. The molecule has 0 bridgehead atoms. The van der Waals surface area contributed by atoms with Crippen molar-refractivity contribution in [3.05, 3.63) is 42.1 Å². The van der Waals surface area contributed by atoms with Crippen LogP contribution in [0.25, 0.3) is 11.3 Å². The van der Waals surface area contributed by atoms with Gasteiger partial charge in [0.25, 0.3) is 6.47 Å². The van der Waals surface area contributed by atoms with Crippen molar-refractivity contribution >= 4 is 6.47 Å². The number of hydrogen-bond donors (Lipinski definition) is 0. The second-order valence-corrected chi connectivity index (χ2v) is 4.55. The lowest BCUT2D eigenvalue weighted by atomic mass is 10.1. The highest BCUT2D eigenvalue weighted by Crippen LogP contribution is 2.39. The van der Waals surface area contributed by atoms with Crippen LogP contribution < -0.4 is 0 Å². The molecule has 2 aromatic rings. The van der Waals surface area contributed by atoms with Gasteiger partial charge in [-0.05, 0) is 31.0 Å². The molecule has 1 fully saturated rings. The van der Waals surface area contributed by atoms with Gasteiger partial charge in [-0.2, -0.15) is 0 Å². The summed E-state index contributed by atoms with van der Waals surface area (Å²) in [7, 11) is 0. The molecule has 5 heteroatoms. The molecule has 96 valence electrons. The van der Waals surface area contributed by atoms with Crippen LogP contribution in [0.5, 0.6) is 0 Å². The maximum absolute atomic E-state index is 10.2. The molecule has 0 amide bonds. The quantitative estimate of drug-likeness (QED) is 0.765. The number of hydrogen-bond acceptors (Lipinski definition) is 5. The molecular formula is C14H13N3O2. The maximum Gasteiger partial charge on any atom is 0.293 e. The minimum Gasteiger partial charge on any atom is -0.461 e. The Morgan fingerprint density at radius 2 is 2.16 bits per heavy atom. The summed E-state index contributed by atoms with van der Waals surface area (Å²) >= 11 is 0. The van der Waals surface area contributed by atoms with Crippen molar-refractivity contribution in [3.8, 4) is 11.3 Å². The highest BCUT2D eigenvalue weighted by atomic mass is 16.5. The van der Waals surface area contributed by atoms with E-state index in [2.05, 4.69) is 25.8 Å². The Labute approximate surface area is 110 Å². The van der Waals surface area contributed by atoms with Gasteiger partial charge in [-0.25, -0.2) is 9.97 Å². The first-order valence-electron chi connectivity index (χ1n) is 6.19. The Balaban J connectivity index is 1.81. The third-order valence-corrected chi connectivity index (χ3v) is 3.10. The molecule has 2 heterocycles. The first-order chi connectivity index (χ1) is 9.36. The summed E-state index contributed by atoms with van der Waals surface area (Å²) in [6, 6.07) is 5.88. The Hall–Kier alpha value is -2.30. The molecule has 1 saturated carbocycles.